The molecular weight excluding hydrogens is 320 g/mol. The van der Waals surface area contributed by atoms with Gasteiger partial charge in [-0.1, -0.05) is 6.08 Å². The lowest BCUT2D eigenvalue weighted by Crippen LogP contribution is -2.58. The van der Waals surface area contributed by atoms with E-state index in [2.05, 4.69) is 6.08 Å². The zero-order valence-electron chi connectivity index (χ0n) is 14.5. The summed E-state index contributed by atoms with van der Waals surface area (Å²) in [5.41, 5.74) is 2.41. The molecule has 1 amide bonds. The lowest BCUT2D eigenvalue weighted by molar-refractivity contribution is -0.182. The first-order valence-electron chi connectivity index (χ1n) is 9.45. The Balaban J connectivity index is 1.48. The van der Waals surface area contributed by atoms with Gasteiger partial charge in [-0.2, -0.15) is 0 Å². The third-order valence-electron chi connectivity index (χ3n) is 6.80. The Morgan fingerprint density at radius 1 is 1.28 bits per heavy atom. The number of hydrogen-bond donors (Lipinski definition) is 0. The topological polar surface area (TPSA) is 68.2 Å². The van der Waals surface area contributed by atoms with Crippen molar-refractivity contribution >= 4 is 17.6 Å². The van der Waals surface area contributed by atoms with E-state index in [9.17, 15) is 9.59 Å². The molecule has 4 aliphatic heterocycles. The van der Waals surface area contributed by atoms with Gasteiger partial charge in [-0.25, -0.2) is 4.79 Å². The monoisotopic (exact) mass is 344 g/mol. The Hall–Kier alpha value is -1.69. The van der Waals surface area contributed by atoms with E-state index in [4.69, 9.17) is 14.5 Å². The molecule has 0 aromatic heterocycles. The van der Waals surface area contributed by atoms with Gasteiger partial charge in [-0.3, -0.25) is 9.79 Å². The van der Waals surface area contributed by atoms with Crippen LogP contribution < -0.4 is 0 Å². The number of methoxy groups -OCH3 is 1. The van der Waals surface area contributed by atoms with Gasteiger partial charge in [0, 0.05) is 42.8 Å². The maximum Gasteiger partial charge on any atom is 0.335 e. The molecule has 6 heteroatoms. The van der Waals surface area contributed by atoms with E-state index in [1.54, 1.807) is 0 Å². The SMILES string of the molecule is COC1C(=O)OCC2C(=O)N3CC4CC5CCCC=C5N=C4C3CC21. The van der Waals surface area contributed by atoms with E-state index in [0.29, 0.717) is 11.8 Å². The first kappa shape index (κ1) is 15.6. The number of ether oxygens (including phenoxy) is 2. The van der Waals surface area contributed by atoms with Crippen molar-refractivity contribution in [2.75, 3.05) is 20.3 Å². The van der Waals surface area contributed by atoms with Crippen LogP contribution >= 0.6 is 0 Å². The molecule has 25 heavy (non-hydrogen) atoms. The number of cyclic esters (lactones) is 1. The van der Waals surface area contributed by atoms with Crippen LogP contribution in [0, 0.1) is 23.7 Å². The normalized spacial score (nSPS) is 42.5. The van der Waals surface area contributed by atoms with Crippen LogP contribution in [-0.2, 0) is 19.1 Å². The van der Waals surface area contributed by atoms with E-state index < -0.39 is 6.10 Å². The van der Waals surface area contributed by atoms with Crippen molar-refractivity contribution in [3.8, 4) is 0 Å². The van der Waals surface area contributed by atoms with Gasteiger partial charge in [0.2, 0.25) is 5.91 Å². The van der Waals surface area contributed by atoms with Crippen molar-refractivity contribution < 1.29 is 19.1 Å². The Bertz CT molecular complexity index is 685. The molecule has 3 saturated heterocycles. The van der Waals surface area contributed by atoms with Gasteiger partial charge in [-0.05, 0) is 32.1 Å². The molecule has 6 atom stereocenters. The Kier molecular flexibility index (Phi) is 3.52. The number of esters is 1. The zero-order valence-corrected chi connectivity index (χ0v) is 14.5. The molecule has 6 unspecified atom stereocenters. The summed E-state index contributed by atoms with van der Waals surface area (Å²) in [6.07, 6.45) is 7.11. The smallest absolute Gasteiger partial charge is 0.335 e. The van der Waals surface area contributed by atoms with Crippen LogP contribution in [-0.4, -0.2) is 54.9 Å². The summed E-state index contributed by atoms with van der Waals surface area (Å²) in [5, 5.41) is 0. The van der Waals surface area contributed by atoms with Crippen LogP contribution in [0.4, 0.5) is 0 Å². The number of fused-ring (bicyclic) bond motifs is 5. The molecule has 6 nitrogen and oxygen atoms in total. The van der Waals surface area contributed by atoms with E-state index in [-0.39, 0.29) is 36.4 Å². The number of amides is 1. The quantitative estimate of drug-likeness (QED) is 0.677. The standard InChI is InChI=1S/C19H24N2O4/c1-24-17-12-7-15-16-11(6-10-4-2-3-5-14(10)20-16)8-21(15)18(22)13(12)9-25-19(17)23/h5,10-13,15,17H,2-4,6-9H2,1H3. The molecule has 0 radical (unpaired) electrons. The molecule has 5 rings (SSSR count). The summed E-state index contributed by atoms with van der Waals surface area (Å²) in [6, 6.07) is 0.0334. The highest BCUT2D eigenvalue weighted by Crippen LogP contribution is 2.45. The second-order valence-electron chi connectivity index (χ2n) is 8.02. The van der Waals surface area contributed by atoms with Crippen molar-refractivity contribution in [2.24, 2.45) is 28.7 Å². The van der Waals surface area contributed by atoms with Crippen molar-refractivity contribution in [1.82, 2.24) is 4.90 Å². The summed E-state index contributed by atoms with van der Waals surface area (Å²) < 4.78 is 10.6. The average Bonchev–Trinajstić information content (AvgIpc) is 2.98. The van der Waals surface area contributed by atoms with Gasteiger partial charge >= 0.3 is 5.97 Å². The van der Waals surface area contributed by atoms with Crippen LogP contribution in [0.5, 0.6) is 0 Å². The zero-order chi connectivity index (χ0) is 17.1. The summed E-state index contributed by atoms with van der Waals surface area (Å²) in [4.78, 5) is 32.1. The van der Waals surface area contributed by atoms with Crippen LogP contribution in [0.25, 0.3) is 0 Å². The fourth-order valence-electron chi connectivity index (χ4n) is 5.59. The Labute approximate surface area is 147 Å². The second-order valence-corrected chi connectivity index (χ2v) is 8.02. The predicted molar refractivity (Wildman–Crippen MR) is 89.8 cm³/mol. The molecule has 5 aliphatic rings. The number of carbonyl (C=O) groups is 2. The van der Waals surface area contributed by atoms with Crippen LogP contribution in [0.3, 0.4) is 0 Å². The number of piperidine rings is 1. The van der Waals surface area contributed by atoms with Crippen molar-refractivity contribution in [3.05, 3.63) is 11.8 Å². The fourth-order valence-corrected chi connectivity index (χ4v) is 5.59. The predicted octanol–water partition coefficient (Wildman–Crippen LogP) is 1.55. The molecule has 0 aromatic rings. The summed E-state index contributed by atoms with van der Waals surface area (Å²) in [7, 11) is 1.53. The molecule has 134 valence electrons. The van der Waals surface area contributed by atoms with E-state index >= 15 is 0 Å². The lowest BCUT2D eigenvalue weighted by atomic mass is 9.75. The Morgan fingerprint density at radius 3 is 3.00 bits per heavy atom. The molecule has 3 fully saturated rings. The minimum atomic E-state index is -0.630. The van der Waals surface area contributed by atoms with Gasteiger partial charge in [0.15, 0.2) is 6.10 Å². The van der Waals surface area contributed by atoms with Crippen molar-refractivity contribution in [2.45, 2.75) is 44.2 Å². The summed E-state index contributed by atoms with van der Waals surface area (Å²) in [6.45, 7) is 0.970. The highest BCUT2D eigenvalue weighted by atomic mass is 16.6. The van der Waals surface area contributed by atoms with E-state index in [1.165, 1.54) is 31.4 Å². The maximum absolute atomic E-state index is 13.1. The molecule has 0 aromatic carbocycles. The number of carbonyl (C=O) groups excluding carboxylic acids is 2. The van der Waals surface area contributed by atoms with Gasteiger partial charge in [0.05, 0.1) is 12.0 Å². The van der Waals surface area contributed by atoms with Gasteiger partial charge in [0.1, 0.15) is 6.61 Å². The van der Waals surface area contributed by atoms with Crippen LogP contribution in [0.2, 0.25) is 0 Å². The summed E-state index contributed by atoms with van der Waals surface area (Å²) in [5.74, 6) is 0.371. The molecular formula is C19H24N2O4. The Morgan fingerprint density at radius 2 is 2.16 bits per heavy atom. The van der Waals surface area contributed by atoms with E-state index in [0.717, 1.165) is 25.8 Å². The van der Waals surface area contributed by atoms with Gasteiger partial charge in [-0.15, -0.1) is 0 Å². The highest BCUT2D eigenvalue weighted by Gasteiger charge is 2.56. The largest absolute Gasteiger partial charge is 0.463 e. The third kappa shape index (κ3) is 2.23. The molecule has 1 aliphatic carbocycles. The molecule has 0 bridgehead atoms. The van der Waals surface area contributed by atoms with Crippen LogP contribution in [0.15, 0.2) is 16.8 Å². The minimum absolute atomic E-state index is 0.0334. The van der Waals surface area contributed by atoms with Crippen molar-refractivity contribution in [3.63, 3.8) is 0 Å². The lowest BCUT2D eigenvalue weighted by Gasteiger charge is -2.44. The summed E-state index contributed by atoms with van der Waals surface area (Å²) >= 11 is 0. The van der Waals surface area contributed by atoms with E-state index in [1.807, 2.05) is 4.90 Å². The first-order chi connectivity index (χ1) is 12.2. The number of rotatable bonds is 1. The maximum atomic E-state index is 13.1. The van der Waals surface area contributed by atoms with Gasteiger partial charge < -0.3 is 14.4 Å². The highest BCUT2D eigenvalue weighted by molar-refractivity contribution is 6.01. The number of aliphatic imine (C=N–C) groups is 1. The van der Waals surface area contributed by atoms with Crippen molar-refractivity contribution in [1.29, 1.82) is 0 Å². The minimum Gasteiger partial charge on any atom is -0.463 e. The van der Waals surface area contributed by atoms with Crippen LogP contribution in [0.1, 0.15) is 32.1 Å². The number of nitrogens with zero attached hydrogens (tertiary/aromatic N) is 2. The molecule has 0 saturated carbocycles. The fraction of sp³-hybridized carbons (Fsp3) is 0.737. The second kappa shape index (κ2) is 5.66. The van der Waals surface area contributed by atoms with Gasteiger partial charge in [0.25, 0.3) is 0 Å². The average molecular weight is 344 g/mol. The number of hydrogen-bond acceptors (Lipinski definition) is 5. The first-order valence-corrected chi connectivity index (χ1v) is 9.45. The third-order valence-corrected chi connectivity index (χ3v) is 6.80. The molecule has 0 spiro atoms. The number of allylic oxidation sites excluding steroid dienone is 2. The molecule has 0 N–H and O–H groups in total. The molecule has 4 heterocycles.